The zero-order chi connectivity index (χ0) is 17.2. The normalized spacial score (nSPS) is 17.8. The Hall–Kier alpha value is -1.45. The Bertz CT molecular complexity index is 783. The molecule has 1 unspecified atom stereocenters. The standard InChI is InChI=1S/C15H20N4O3S2/c1-11(15-17-12(2)18-22-15)23-14-7-6-13(10-16-14)24(20,21)19-8-4-3-5-9-19/h6-7,10-11H,3-5,8-9H2,1-2H3. The molecule has 0 aromatic carbocycles. The fourth-order valence-corrected chi connectivity index (χ4v) is 4.84. The predicted octanol–water partition coefficient (Wildman–Crippen LogP) is 2.80. The molecule has 0 amide bonds. The molecule has 3 rings (SSSR count). The van der Waals surface area contributed by atoms with Crippen molar-refractivity contribution in [3.63, 3.8) is 0 Å². The maximum Gasteiger partial charge on any atom is 0.244 e. The fourth-order valence-electron chi connectivity index (χ4n) is 2.55. The van der Waals surface area contributed by atoms with Crippen LogP contribution in [0.2, 0.25) is 0 Å². The van der Waals surface area contributed by atoms with E-state index >= 15 is 0 Å². The number of piperidine rings is 1. The largest absolute Gasteiger partial charge is 0.338 e. The van der Waals surface area contributed by atoms with Gasteiger partial charge >= 0.3 is 0 Å². The molecule has 0 N–H and O–H groups in total. The molecular weight excluding hydrogens is 348 g/mol. The summed E-state index contributed by atoms with van der Waals surface area (Å²) in [5.74, 6) is 1.12. The molecule has 1 fully saturated rings. The lowest BCUT2D eigenvalue weighted by Crippen LogP contribution is -2.35. The quantitative estimate of drug-likeness (QED) is 0.750. The maximum absolute atomic E-state index is 12.6. The first-order valence-corrected chi connectivity index (χ1v) is 10.2. The first-order chi connectivity index (χ1) is 11.5. The molecule has 9 heteroatoms. The zero-order valence-electron chi connectivity index (χ0n) is 13.7. The van der Waals surface area contributed by atoms with Gasteiger partial charge in [0.15, 0.2) is 5.82 Å². The van der Waals surface area contributed by atoms with Crippen LogP contribution in [0.4, 0.5) is 0 Å². The van der Waals surface area contributed by atoms with Gasteiger partial charge in [-0.1, -0.05) is 23.3 Å². The first kappa shape index (κ1) is 17.4. The Balaban J connectivity index is 1.71. The van der Waals surface area contributed by atoms with Crippen LogP contribution in [0.5, 0.6) is 0 Å². The van der Waals surface area contributed by atoms with Gasteiger partial charge in [-0.3, -0.25) is 0 Å². The molecule has 3 heterocycles. The van der Waals surface area contributed by atoms with Crippen molar-refractivity contribution in [1.82, 2.24) is 19.4 Å². The SMILES string of the molecule is Cc1noc(C(C)Sc2ccc(S(=O)(=O)N3CCCCC3)cn2)n1. The lowest BCUT2D eigenvalue weighted by molar-refractivity contribution is 0.346. The highest BCUT2D eigenvalue weighted by atomic mass is 32.2. The van der Waals surface area contributed by atoms with E-state index in [1.54, 1.807) is 23.4 Å². The molecule has 1 aliphatic rings. The molecule has 1 saturated heterocycles. The topological polar surface area (TPSA) is 89.2 Å². The summed E-state index contributed by atoms with van der Waals surface area (Å²) >= 11 is 1.45. The van der Waals surface area contributed by atoms with Gasteiger partial charge in [-0.25, -0.2) is 13.4 Å². The minimum atomic E-state index is -3.44. The second-order valence-electron chi connectivity index (χ2n) is 5.74. The van der Waals surface area contributed by atoms with Crippen LogP contribution in [-0.2, 0) is 10.0 Å². The summed E-state index contributed by atoms with van der Waals surface area (Å²) in [5, 5.41) is 4.44. The predicted molar refractivity (Wildman–Crippen MR) is 90.2 cm³/mol. The highest BCUT2D eigenvalue weighted by molar-refractivity contribution is 7.99. The van der Waals surface area contributed by atoms with Crippen molar-refractivity contribution in [1.29, 1.82) is 0 Å². The summed E-state index contributed by atoms with van der Waals surface area (Å²) in [6.07, 6.45) is 4.36. The molecule has 2 aromatic heterocycles. The molecule has 130 valence electrons. The molecule has 7 nitrogen and oxygen atoms in total. The minimum absolute atomic E-state index is 0.0525. The second kappa shape index (κ2) is 7.20. The Morgan fingerprint density at radius 3 is 2.58 bits per heavy atom. The molecular formula is C15H20N4O3S2. The highest BCUT2D eigenvalue weighted by Crippen LogP contribution is 2.33. The van der Waals surface area contributed by atoms with Crippen molar-refractivity contribution in [3.05, 3.63) is 30.0 Å². The van der Waals surface area contributed by atoms with Crippen molar-refractivity contribution in [2.24, 2.45) is 0 Å². The Morgan fingerprint density at radius 2 is 2.00 bits per heavy atom. The smallest absolute Gasteiger partial charge is 0.244 e. The maximum atomic E-state index is 12.6. The summed E-state index contributed by atoms with van der Waals surface area (Å²) in [4.78, 5) is 8.72. The molecule has 0 spiro atoms. The average molecular weight is 368 g/mol. The number of thioether (sulfide) groups is 1. The molecule has 0 radical (unpaired) electrons. The lowest BCUT2D eigenvalue weighted by Gasteiger charge is -2.25. The first-order valence-electron chi connectivity index (χ1n) is 7.90. The lowest BCUT2D eigenvalue weighted by atomic mass is 10.2. The van der Waals surface area contributed by atoms with Gasteiger partial charge < -0.3 is 4.52 Å². The van der Waals surface area contributed by atoms with Crippen molar-refractivity contribution in [2.75, 3.05) is 13.1 Å². The molecule has 2 aromatic rings. The monoisotopic (exact) mass is 368 g/mol. The number of nitrogens with zero attached hydrogens (tertiary/aromatic N) is 4. The van der Waals surface area contributed by atoms with Crippen LogP contribution in [0.1, 0.15) is 43.2 Å². The van der Waals surface area contributed by atoms with Crippen LogP contribution in [-0.4, -0.2) is 40.9 Å². The van der Waals surface area contributed by atoms with Crippen LogP contribution < -0.4 is 0 Å². The number of aryl methyl sites for hydroxylation is 1. The van der Waals surface area contributed by atoms with E-state index in [2.05, 4.69) is 15.1 Å². The van der Waals surface area contributed by atoms with Gasteiger partial charge in [0.2, 0.25) is 15.9 Å². The number of aromatic nitrogens is 3. The van der Waals surface area contributed by atoms with E-state index in [4.69, 9.17) is 4.52 Å². The number of hydrogen-bond acceptors (Lipinski definition) is 7. The van der Waals surface area contributed by atoms with Crippen molar-refractivity contribution in [2.45, 2.75) is 48.3 Å². The van der Waals surface area contributed by atoms with Crippen molar-refractivity contribution < 1.29 is 12.9 Å². The summed E-state index contributed by atoms with van der Waals surface area (Å²) in [6, 6.07) is 3.34. The third-order valence-corrected chi connectivity index (χ3v) is 6.77. The molecule has 24 heavy (non-hydrogen) atoms. The van der Waals surface area contributed by atoms with E-state index in [0.29, 0.717) is 24.8 Å². The second-order valence-corrected chi connectivity index (χ2v) is 9.04. The number of hydrogen-bond donors (Lipinski definition) is 0. The Kier molecular flexibility index (Phi) is 5.21. The van der Waals surface area contributed by atoms with Gasteiger partial charge in [0.05, 0.1) is 10.3 Å². The highest BCUT2D eigenvalue weighted by Gasteiger charge is 2.26. The van der Waals surface area contributed by atoms with Gasteiger partial charge in [-0.05, 0) is 38.8 Å². The zero-order valence-corrected chi connectivity index (χ0v) is 15.3. The van der Waals surface area contributed by atoms with Crippen LogP contribution >= 0.6 is 11.8 Å². The van der Waals surface area contributed by atoms with E-state index < -0.39 is 10.0 Å². The van der Waals surface area contributed by atoms with Gasteiger partial charge in [0, 0.05) is 19.3 Å². The Labute approximate surface area is 145 Å². The van der Waals surface area contributed by atoms with E-state index in [1.807, 2.05) is 6.92 Å². The molecule has 0 saturated carbocycles. The number of pyridine rings is 1. The third-order valence-electron chi connectivity index (χ3n) is 3.85. The average Bonchev–Trinajstić information content (AvgIpc) is 3.03. The summed E-state index contributed by atoms with van der Waals surface area (Å²) in [7, 11) is -3.44. The van der Waals surface area contributed by atoms with Crippen LogP contribution in [0.25, 0.3) is 0 Å². The number of sulfonamides is 1. The van der Waals surface area contributed by atoms with Crippen molar-refractivity contribution >= 4 is 21.8 Å². The van der Waals surface area contributed by atoms with Crippen molar-refractivity contribution in [3.8, 4) is 0 Å². The third kappa shape index (κ3) is 3.79. The van der Waals surface area contributed by atoms with Gasteiger partial charge in [0.1, 0.15) is 4.90 Å². The molecule has 1 aliphatic heterocycles. The van der Waals surface area contributed by atoms with E-state index in [0.717, 1.165) is 24.3 Å². The molecule has 0 bridgehead atoms. The van der Waals surface area contributed by atoms with Gasteiger partial charge in [0.25, 0.3) is 0 Å². The van der Waals surface area contributed by atoms with E-state index in [1.165, 1.54) is 18.0 Å². The van der Waals surface area contributed by atoms with Crippen LogP contribution in [0.3, 0.4) is 0 Å². The van der Waals surface area contributed by atoms with Gasteiger partial charge in [-0.2, -0.15) is 9.29 Å². The number of rotatable bonds is 5. The molecule has 0 aliphatic carbocycles. The Morgan fingerprint density at radius 1 is 1.25 bits per heavy atom. The van der Waals surface area contributed by atoms with Crippen LogP contribution in [0.15, 0.2) is 32.8 Å². The fraction of sp³-hybridized carbons (Fsp3) is 0.533. The summed E-state index contributed by atoms with van der Waals surface area (Å²) in [5.41, 5.74) is 0. The van der Waals surface area contributed by atoms with Crippen LogP contribution in [0, 0.1) is 6.92 Å². The summed E-state index contributed by atoms with van der Waals surface area (Å²) in [6.45, 7) is 4.89. The van der Waals surface area contributed by atoms with E-state index in [9.17, 15) is 8.42 Å². The van der Waals surface area contributed by atoms with E-state index in [-0.39, 0.29) is 10.1 Å². The summed E-state index contributed by atoms with van der Waals surface area (Å²) < 4.78 is 31.9. The van der Waals surface area contributed by atoms with Gasteiger partial charge in [-0.15, -0.1) is 0 Å². The minimum Gasteiger partial charge on any atom is -0.338 e. The molecule has 1 atom stereocenters.